The fourth-order valence-corrected chi connectivity index (χ4v) is 3.86. The average Bonchev–Trinajstić information content (AvgIpc) is 3.07. The molecule has 0 unspecified atom stereocenters. The molecule has 4 rings (SSSR count). The highest BCUT2D eigenvalue weighted by atomic mass is 16.5. The van der Waals surface area contributed by atoms with Crippen LogP contribution in [0.1, 0.15) is 29.2 Å². The van der Waals surface area contributed by atoms with Crippen molar-refractivity contribution >= 4 is 23.1 Å². The van der Waals surface area contributed by atoms with Crippen LogP contribution in [0.15, 0.2) is 72.4 Å². The molecule has 0 radical (unpaired) electrons. The molecule has 1 aliphatic rings. The standard InChI is InChI=1S/C28H28N2O4/c1-5-34-24-14-10-22(11-15-24)29-26-25(21-9-6-18(2)19(3)16-21)27(31)30(28(26)32)17-20-7-12-23(33-4)13-8-20/h6-16,29H,5,17H2,1-4H3. The zero-order chi connectivity index (χ0) is 24.2. The second-order valence-corrected chi connectivity index (χ2v) is 8.18. The second-order valence-electron chi connectivity index (χ2n) is 8.18. The third-order valence-corrected chi connectivity index (χ3v) is 5.90. The minimum Gasteiger partial charge on any atom is -0.497 e. The summed E-state index contributed by atoms with van der Waals surface area (Å²) < 4.78 is 10.7. The van der Waals surface area contributed by atoms with Gasteiger partial charge in [-0.1, -0.05) is 30.3 Å². The number of methoxy groups -OCH3 is 1. The molecule has 3 aromatic rings. The molecule has 34 heavy (non-hydrogen) atoms. The monoisotopic (exact) mass is 456 g/mol. The minimum absolute atomic E-state index is 0.171. The zero-order valence-corrected chi connectivity index (χ0v) is 19.8. The number of nitrogens with one attached hydrogen (secondary N) is 1. The van der Waals surface area contributed by atoms with Gasteiger partial charge in [0.05, 0.1) is 25.8 Å². The number of rotatable bonds is 8. The fraction of sp³-hybridized carbons (Fsp3) is 0.214. The minimum atomic E-state index is -0.358. The molecule has 0 saturated heterocycles. The van der Waals surface area contributed by atoms with Crippen molar-refractivity contribution in [2.75, 3.05) is 19.0 Å². The molecule has 0 fully saturated rings. The van der Waals surface area contributed by atoms with Crippen molar-refractivity contribution in [1.29, 1.82) is 0 Å². The quantitative estimate of drug-likeness (QED) is 0.478. The lowest BCUT2D eigenvalue weighted by Gasteiger charge is -2.16. The Morgan fingerprint density at radius 1 is 0.824 bits per heavy atom. The van der Waals surface area contributed by atoms with E-state index in [2.05, 4.69) is 5.32 Å². The van der Waals surface area contributed by atoms with Gasteiger partial charge in [-0.3, -0.25) is 14.5 Å². The maximum absolute atomic E-state index is 13.5. The van der Waals surface area contributed by atoms with Crippen LogP contribution in [0.2, 0.25) is 0 Å². The molecule has 0 saturated carbocycles. The molecular weight excluding hydrogens is 428 g/mol. The number of hydrogen-bond acceptors (Lipinski definition) is 5. The van der Waals surface area contributed by atoms with Crippen molar-refractivity contribution in [3.05, 3.63) is 94.7 Å². The summed E-state index contributed by atoms with van der Waals surface area (Å²) >= 11 is 0. The van der Waals surface area contributed by atoms with Gasteiger partial charge in [-0.25, -0.2) is 0 Å². The van der Waals surface area contributed by atoms with Crippen molar-refractivity contribution < 1.29 is 19.1 Å². The van der Waals surface area contributed by atoms with Crippen molar-refractivity contribution in [2.45, 2.75) is 27.3 Å². The van der Waals surface area contributed by atoms with Crippen molar-refractivity contribution in [2.24, 2.45) is 0 Å². The van der Waals surface area contributed by atoms with Gasteiger partial charge in [0.1, 0.15) is 17.2 Å². The van der Waals surface area contributed by atoms with Crippen LogP contribution < -0.4 is 14.8 Å². The number of amides is 2. The molecule has 1 N–H and O–H groups in total. The summed E-state index contributed by atoms with van der Waals surface area (Å²) in [7, 11) is 1.60. The smallest absolute Gasteiger partial charge is 0.278 e. The lowest BCUT2D eigenvalue weighted by molar-refractivity contribution is -0.137. The van der Waals surface area contributed by atoms with Gasteiger partial charge in [0, 0.05) is 5.69 Å². The topological polar surface area (TPSA) is 67.9 Å². The number of carbonyl (C=O) groups excluding carboxylic acids is 2. The number of nitrogens with zero attached hydrogens (tertiary/aromatic N) is 1. The van der Waals surface area contributed by atoms with Gasteiger partial charge < -0.3 is 14.8 Å². The molecule has 6 heteroatoms. The van der Waals surface area contributed by atoms with Crippen LogP contribution in [0.25, 0.3) is 5.57 Å². The van der Waals surface area contributed by atoms with Gasteiger partial charge in [0.2, 0.25) is 0 Å². The summed E-state index contributed by atoms with van der Waals surface area (Å²) in [4.78, 5) is 28.3. The van der Waals surface area contributed by atoms with E-state index in [1.807, 2.05) is 87.5 Å². The van der Waals surface area contributed by atoms with Gasteiger partial charge in [-0.2, -0.15) is 0 Å². The number of imide groups is 1. The average molecular weight is 457 g/mol. The van der Waals surface area contributed by atoms with Crippen molar-refractivity contribution in [1.82, 2.24) is 4.90 Å². The van der Waals surface area contributed by atoms with Crippen molar-refractivity contribution in [3.8, 4) is 11.5 Å². The third-order valence-electron chi connectivity index (χ3n) is 5.90. The maximum atomic E-state index is 13.5. The molecule has 0 aliphatic carbocycles. The summed E-state index contributed by atoms with van der Waals surface area (Å²) in [6.07, 6.45) is 0. The SMILES string of the molecule is CCOc1ccc(NC2=C(c3ccc(C)c(C)c3)C(=O)N(Cc3ccc(OC)cc3)C2=O)cc1. The van der Waals surface area contributed by atoms with Crippen LogP contribution in [-0.2, 0) is 16.1 Å². The Hall–Kier alpha value is -4.06. The molecule has 2 amide bonds. The van der Waals surface area contributed by atoms with Crippen LogP contribution in [0.4, 0.5) is 5.69 Å². The van der Waals surface area contributed by atoms with E-state index in [0.717, 1.165) is 28.2 Å². The maximum Gasteiger partial charge on any atom is 0.278 e. The molecule has 0 spiro atoms. The molecule has 0 bridgehead atoms. The molecule has 6 nitrogen and oxygen atoms in total. The third kappa shape index (κ3) is 4.66. The molecule has 3 aromatic carbocycles. The fourth-order valence-electron chi connectivity index (χ4n) is 3.86. The number of ether oxygens (including phenoxy) is 2. The van der Waals surface area contributed by atoms with E-state index in [0.29, 0.717) is 23.4 Å². The summed E-state index contributed by atoms with van der Waals surface area (Å²) in [5.74, 6) is 0.779. The van der Waals surface area contributed by atoms with E-state index in [1.54, 1.807) is 7.11 Å². The first kappa shape index (κ1) is 23.1. The van der Waals surface area contributed by atoms with E-state index in [1.165, 1.54) is 4.90 Å². The molecular formula is C28H28N2O4. The van der Waals surface area contributed by atoms with E-state index in [9.17, 15) is 9.59 Å². The first-order chi connectivity index (χ1) is 16.4. The van der Waals surface area contributed by atoms with Crippen LogP contribution in [0, 0.1) is 13.8 Å². The Labute approximate surface area is 199 Å². The lowest BCUT2D eigenvalue weighted by atomic mass is 9.99. The van der Waals surface area contributed by atoms with Crippen LogP contribution in [0.3, 0.4) is 0 Å². The largest absolute Gasteiger partial charge is 0.497 e. The van der Waals surface area contributed by atoms with Gasteiger partial charge in [-0.15, -0.1) is 0 Å². The summed E-state index contributed by atoms with van der Waals surface area (Å²) in [5.41, 5.74) is 5.07. The van der Waals surface area contributed by atoms with Crippen molar-refractivity contribution in [3.63, 3.8) is 0 Å². The Bertz CT molecular complexity index is 1240. The number of benzene rings is 3. The predicted molar refractivity (Wildman–Crippen MR) is 133 cm³/mol. The molecule has 0 atom stereocenters. The number of anilines is 1. The van der Waals surface area contributed by atoms with Crippen LogP contribution in [-0.4, -0.2) is 30.4 Å². The molecule has 174 valence electrons. The van der Waals surface area contributed by atoms with Gasteiger partial charge >= 0.3 is 0 Å². The predicted octanol–water partition coefficient (Wildman–Crippen LogP) is 5.10. The molecule has 0 aromatic heterocycles. The highest BCUT2D eigenvalue weighted by Gasteiger charge is 2.39. The summed E-state index contributed by atoms with van der Waals surface area (Å²) in [6.45, 7) is 6.68. The Morgan fingerprint density at radius 2 is 1.50 bits per heavy atom. The molecule has 1 aliphatic heterocycles. The number of aryl methyl sites for hydroxylation is 2. The van der Waals surface area contributed by atoms with Gasteiger partial charge in [0.15, 0.2) is 0 Å². The number of hydrogen-bond donors (Lipinski definition) is 1. The summed E-state index contributed by atoms with van der Waals surface area (Å²) in [5, 5.41) is 3.20. The zero-order valence-electron chi connectivity index (χ0n) is 19.8. The second kappa shape index (κ2) is 9.83. The van der Waals surface area contributed by atoms with Gasteiger partial charge in [0.25, 0.3) is 11.8 Å². The van der Waals surface area contributed by atoms with Crippen LogP contribution in [0.5, 0.6) is 11.5 Å². The molecule has 1 heterocycles. The van der Waals surface area contributed by atoms with E-state index >= 15 is 0 Å². The van der Waals surface area contributed by atoms with E-state index in [4.69, 9.17) is 9.47 Å². The van der Waals surface area contributed by atoms with Gasteiger partial charge in [-0.05, 0) is 79.4 Å². The highest BCUT2D eigenvalue weighted by Crippen LogP contribution is 2.33. The van der Waals surface area contributed by atoms with E-state index in [-0.39, 0.29) is 24.1 Å². The highest BCUT2D eigenvalue weighted by molar-refractivity contribution is 6.36. The van der Waals surface area contributed by atoms with E-state index < -0.39 is 0 Å². The first-order valence-electron chi connectivity index (χ1n) is 11.2. The summed E-state index contributed by atoms with van der Waals surface area (Å²) in [6, 6.07) is 20.5. The Balaban J connectivity index is 1.70. The first-order valence-corrected chi connectivity index (χ1v) is 11.2. The van der Waals surface area contributed by atoms with Crippen LogP contribution >= 0.6 is 0 Å². The normalized spacial score (nSPS) is 13.5. The number of carbonyl (C=O) groups is 2. The Morgan fingerprint density at radius 3 is 2.12 bits per heavy atom. The lowest BCUT2D eigenvalue weighted by Crippen LogP contribution is -2.32. The Kier molecular flexibility index (Phi) is 6.68.